The third-order valence-corrected chi connectivity index (χ3v) is 5.57. The molecule has 0 aliphatic rings. The van der Waals surface area contributed by atoms with Crippen molar-refractivity contribution in [3.05, 3.63) is 0 Å². The molecule has 1 atom stereocenters. The fraction of sp³-hybridized carbons (Fsp3) is 0.778. The Bertz CT molecular complexity index is 485. The van der Waals surface area contributed by atoms with Crippen molar-refractivity contribution >= 4 is 26.5 Å². The van der Waals surface area contributed by atoms with E-state index in [0.29, 0.717) is 13.1 Å². The summed E-state index contributed by atoms with van der Waals surface area (Å²) in [5.41, 5.74) is 5.43. The second-order valence-electron chi connectivity index (χ2n) is 4.23. The minimum atomic E-state index is -3.60. The fourth-order valence-corrected chi connectivity index (χ4v) is 4.29. The maximum absolute atomic E-state index is 12.4. The van der Waals surface area contributed by atoms with Crippen molar-refractivity contribution in [1.29, 1.82) is 0 Å². The molecule has 0 amide bonds. The molecule has 0 bridgehead atoms. The van der Waals surface area contributed by atoms with Crippen LogP contribution < -0.4 is 5.73 Å². The van der Waals surface area contributed by atoms with E-state index >= 15 is 0 Å². The SMILES string of the molecule is CCN(C(C)CN(C)C)S(=O)(=O)c1nnc(N)s1. The number of hydrogen-bond donors (Lipinski definition) is 1. The van der Waals surface area contributed by atoms with Crippen LogP contribution in [0.4, 0.5) is 5.13 Å². The zero-order chi connectivity index (χ0) is 13.9. The van der Waals surface area contributed by atoms with E-state index in [1.165, 1.54) is 4.31 Å². The van der Waals surface area contributed by atoms with Crippen LogP contribution in [0.3, 0.4) is 0 Å². The second kappa shape index (κ2) is 5.91. The predicted octanol–water partition coefficient (Wildman–Crippen LogP) is 0.0810. The zero-order valence-electron chi connectivity index (χ0n) is 11.0. The Morgan fingerprint density at radius 3 is 2.39 bits per heavy atom. The first-order valence-corrected chi connectivity index (χ1v) is 7.80. The van der Waals surface area contributed by atoms with Crippen molar-refractivity contribution in [2.45, 2.75) is 24.2 Å². The molecule has 1 rings (SSSR count). The van der Waals surface area contributed by atoms with Gasteiger partial charge in [0.1, 0.15) is 0 Å². The molecule has 0 saturated carbocycles. The van der Waals surface area contributed by atoms with Crippen molar-refractivity contribution < 1.29 is 8.42 Å². The highest BCUT2D eigenvalue weighted by molar-refractivity contribution is 7.91. The van der Waals surface area contributed by atoms with Gasteiger partial charge in [0.25, 0.3) is 10.0 Å². The smallest absolute Gasteiger partial charge is 0.272 e. The molecule has 18 heavy (non-hydrogen) atoms. The molecule has 0 spiro atoms. The van der Waals surface area contributed by atoms with Gasteiger partial charge < -0.3 is 10.6 Å². The molecule has 0 aliphatic carbocycles. The lowest BCUT2D eigenvalue weighted by molar-refractivity contribution is 0.271. The van der Waals surface area contributed by atoms with Crippen LogP contribution in [0.2, 0.25) is 0 Å². The summed E-state index contributed by atoms with van der Waals surface area (Å²) in [7, 11) is 0.202. The van der Waals surface area contributed by atoms with E-state index in [0.717, 1.165) is 11.3 Å². The number of nitrogens with zero attached hydrogens (tertiary/aromatic N) is 4. The molecule has 9 heteroatoms. The monoisotopic (exact) mass is 293 g/mol. The average Bonchev–Trinajstić information content (AvgIpc) is 2.64. The van der Waals surface area contributed by atoms with E-state index in [9.17, 15) is 8.42 Å². The standard InChI is InChI=1S/C9H19N5O2S2/c1-5-14(7(2)6-13(3)4)18(15,16)9-12-11-8(10)17-9/h7H,5-6H2,1-4H3,(H2,10,11). The third-order valence-electron chi connectivity index (χ3n) is 2.38. The number of nitrogen functional groups attached to an aromatic ring is 1. The van der Waals surface area contributed by atoms with Crippen molar-refractivity contribution in [3.63, 3.8) is 0 Å². The topological polar surface area (TPSA) is 92.4 Å². The molecule has 104 valence electrons. The van der Waals surface area contributed by atoms with Crippen molar-refractivity contribution in [2.75, 3.05) is 32.9 Å². The lowest BCUT2D eigenvalue weighted by atomic mass is 10.3. The molecule has 1 heterocycles. The third kappa shape index (κ3) is 3.37. The minimum Gasteiger partial charge on any atom is -0.374 e. The summed E-state index contributed by atoms with van der Waals surface area (Å²) in [5.74, 6) is 0. The molecule has 2 N–H and O–H groups in total. The second-order valence-corrected chi connectivity index (χ2v) is 7.30. The summed E-state index contributed by atoms with van der Waals surface area (Å²) in [4.78, 5) is 1.94. The predicted molar refractivity (Wildman–Crippen MR) is 71.9 cm³/mol. The van der Waals surface area contributed by atoms with Gasteiger partial charge >= 0.3 is 0 Å². The highest BCUT2D eigenvalue weighted by Gasteiger charge is 2.31. The minimum absolute atomic E-state index is 0.0487. The maximum atomic E-state index is 12.4. The Morgan fingerprint density at radius 2 is 2.00 bits per heavy atom. The molecule has 7 nitrogen and oxygen atoms in total. The van der Waals surface area contributed by atoms with Crippen molar-refractivity contribution in [2.24, 2.45) is 0 Å². The fourth-order valence-electron chi connectivity index (χ4n) is 1.76. The Hall–Kier alpha value is -0.770. The molecular weight excluding hydrogens is 274 g/mol. The lowest BCUT2D eigenvalue weighted by Gasteiger charge is -2.27. The van der Waals surface area contributed by atoms with E-state index in [-0.39, 0.29) is 15.5 Å². The van der Waals surface area contributed by atoms with Gasteiger partial charge in [0, 0.05) is 19.1 Å². The highest BCUT2D eigenvalue weighted by Crippen LogP contribution is 2.22. The van der Waals surface area contributed by atoms with E-state index in [1.807, 2.05) is 25.9 Å². The zero-order valence-corrected chi connectivity index (χ0v) is 12.6. The highest BCUT2D eigenvalue weighted by atomic mass is 32.2. The summed E-state index contributed by atoms with van der Waals surface area (Å²) < 4.78 is 26.1. The first-order chi connectivity index (χ1) is 8.28. The van der Waals surface area contributed by atoms with Gasteiger partial charge in [0.2, 0.25) is 9.47 Å². The van der Waals surface area contributed by atoms with Gasteiger partial charge in [-0.05, 0) is 21.0 Å². The van der Waals surface area contributed by atoms with Gasteiger partial charge in [0.15, 0.2) is 0 Å². The van der Waals surface area contributed by atoms with E-state index in [1.54, 1.807) is 6.92 Å². The summed E-state index contributed by atoms with van der Waals surface area (Å²) in [6.45, 7) is 4.69. The number of rotatable bonds is 6. The molecule has 1 aromatic rings. The van der Waals surface area contributed by atoms with Gasteiger partial charge in [-0.2, -0.15) is 4.31 Å². The van der Waals surface area contributed by atoms with E-state index < -0.39 is 10.0 Å². The van der Waals surface area contributed by atoms with E-state index in [4.69, 9.17) is 5.73 Å². The van der Waals surface area contributed by atoms with Crippen LogP contribution in [0.1, 0.15) is 13.8 Å². The summed E-state index contributed by atoms with van der Waals surface area (Å²) in [5, 5.41) is 7.33. The molecule has 0 fully saturated rings. The number of aromatic nitrogens is 2. The summed E-state index contributed by atoms with van der Waals surface area (Å²) >= 11 is 0.887. The Labute approximate surface area is 112 Å². The first kappa shape index (κ1) is 15.3. The van der Waals surface area contributed by atoms with Crippen LogP contribution in [0.15, 0.2) is 4.34 Å². The number of likely N-dealkylation sites (N-methyl/N-ethyl adjacent to an activating group) is 2. The van der Waals surface area contributed by atoms with Crippen molar-refractivity contribution in [1.82, 2.24) is 19.4 Å². The Kier molecular flexibility index (Phi) is 5.02. The maximum Gasteiger partial charge on any atom is 0.272 e. The van der Waals surface area contributed by atoms with Gasteiger partial charge in [-0.15, -0.1) is 10.2 Å². The normalized spacial score (nSPS) is 14.3. The molecule has 1 aromatic heterocycles. The number of nitrogens with two attached hydrogens (primary N) is 1. The van der Waals surface area contributed by atoms with Gasteiger partial charge in [-0.3, -0.25) is 0 Å². The molecule has 0 aromatic carbocycles. The Balaban J connectivity index is 3.00. The van der Waals surface area contributed by atoms with Crippen LogP contribution in [0.25, 0.3) is 0 Å². The average molecular weight is 293 g/mol. The van der Waals surface area contributed by atoms with Gasteiger partial charge in [-0.25, -0.2) is 8.42 Å². The molecule has 1 unspecified atom stereocenters. The van der Waals surface area contributed by atoms with Gasteiger partial charge in [-0.1, -0.05) is 18.3 Å². The summed E-state index contributed by atoms with van der Waals surface area (Å²) in [6.07, 6.45) is 0. The van der Waals surface area contributed by atoms with E-state index in [2.05, 4.69) is 10.2 Å². The molecule has 0 aliphatic heterocycles. The largest absolute Gasteiger partial charge is 0.374 e. The van der Waals surface area contributed by atoms with Crippen LogP contribution in [0, 0.1) is 0 Å². The molecular formula is C9H19N5O2S2. The molecule has 0 saturated heterocycles. The van der Waals surface area contributed by atoms with Crippen LogP contribution >= 0.6 is 11.3 Å². The number of sulfonamides is 1. The van der Waals surface area contributed by atoms with Gasteiger partial charge in [0.05, 0.1) is 0 Å². The van der Waals surface area contributed by atoms with Crippen LogP contribution in [-0.4, -0.2) is 61.0 Å². The number of anilines is 1. The molecule has 0 radical (unpaired) electrons. The summed E-state index contributed by atoms with van der Waals surface area (Å²) in [6, 6.07) is -0.139. The van der Waals surface area contributed by atoms with Crippen LogP contribution in [0.5, 0.6) is 0 Å². The number of hydrogen-bond acceptors (Lipinski definition) is 7. The first-order valence-electron chi connectivity index (χ1n) is 5.54. The lowest BCUT2D eigenvalue weighted by Crippen LogP contribution is -2.43. The quantitative estimate of drug-likeness (QED) is 0.798. The van der Waals surface area contributed by atoms with Crippen LogP contribution in [-0.2, 0) is 10.0 Å². The van der Waals surface area contributed by atoms with Crippen molar-refractivity contribution in [3.8, 4) is 0 Å². The Morgan fingerprint density at radius 1 is 1.39 bits per heavy atom.